The maximum Gasteiger partial charge on any atom is 0.419 e. The summed E-state index contributed by atoms with van der Waals surface area (Å²) in [4.78, 5) is -1.58. The van der Waals surface area contributed by atoms with E-state index in [0.717, 1.165) is 0 Å². The average Bonchev–Trinajstić information content (AvgIpc) is 2.87. The highest BCUT2D eigenvalue weighted by atomic mass is 32.2. The summed E-state index contributed by atoms with van der Waals surface area (Å²) in [5.41, 5.74) is -4.92. The third-order valence-corrected chi connectivity index (χ3v) is 4.82. The van der Waals surface area contributed by atoms with E-state index in [9.17, 15) is 43.5 Å². The molecule has 0 radical (unpaired) electrons. The standard InChI is InChI=1S/C16H7F8N3O2S/c17-8-4-6(5-9(18)14(8)30(25,28)29)13-12(20)15(21)26-27(13)10-3-1-2-7(11(10)19)16(22,23)24/h1-5H,(H2,25,28,29). The fraction of sp³-hybridized carbons (Fsp3) is 0.0625. The van der Waals surface area contributed by atoms with E-state index in [1.807, 2.05) is 0 Å². The van der Waals surface area contributed by atoms with E-state index in [2.05, 4.69) is 10.2 Å². The zero-order valence-corrected chi connectivity index (χ0v) is 14.9. The molecule has 0 spiro atoms. The van der Waals surface area contributed by atoms with Gasteiger partial charge in [0.15, 0.2) is 10.7 Å². The lowest BCUT2D eigenvalue weighted by atomic mass is 10.1. The number of rotatable bonds is 3. The van der Waals surface area contributed by atoms with Crippen molar-refractivity contribution in [1.82, 2.24) is 9.78 Å². The molecule has 2 aromatic carbocycles. The van der Waals surface area contributed by atoms with Crippen LogP contribution in [0.2, 0.25) is 0 Å². The van der Waals surface area contributed by atoms with Crippen molar-refractivity contribution in [3.05, 3.63) is 65.1 Å². The first-order chi connectivity index (χ1) is 13.7. The zero-order valence-electron chi connectivity index (χ0n) is 14.1. The van der Waals surface area contributed by atoms with Crippen molar-refractivity contribution in [2.24, 2.45) is 5.14 Å². The Hall–Kier alpha value is -3.00. The van der Waals surface area contributed by atoms with E-state index < -0.39 is 72.8 Å². The zero-order chi connectivity index (χ0) is 22.6. The normalized spacial score (nSPS) is 12.4. The van der Waals surface area contributed by atoms with Crippen molar-refractivity contribution < 1.29 is 43.5 Å². The quantitative estimate of drug-likeness (QED) is 0.606. The van der Waals surface area contributed by atoms with Gasteiger partial charge in [0.05, 0.1) is 5.56 Å². The van der Waals surface area contributed by atoms with E-state index in [1.165, 1.54) is 0 Å². The Kier molecular flexibility index (Phi) is 5.10. The van der Waals surface area contributed by atoms with Crippen LogP contribution in [0.15, 0.2) is 35.2 Å². The van der Waals surface area contributed by atoms with Gasteiger partial charge in [-0.2, -0.15) is 22.0 Å². The molecule has 0 fully saturated rings. The van der Waals surface area contributed by atoms with Crippen LogP contribution in [0.4, 0.5) is 35.1 Å². The summed E-state index contributed by atoms with van der Waals surface area (Å²) < 4.78 is 132. The summed E-state index contributed by atoms with van der Waals surface area (Å²) >= 11 is 0. The average molecular weight is 457 g/mol. The van der Waals surface area contributed by atoms with Gasteiger partial charge in [0.2, 0.25) is 15.8 Å². The number of hydrogen-bond acceptors (Lipinski definition) is 3. The monoisotopic (exact) mass is 457 g/mol. The number of benzene rings is 2. The molecule has 0 aliphatic carbocycles. The Labute approximate surface area is 162 Å². The molecule has 0 saturated heterocycles. The Morgan fingerprint density at radius 1 is 0.933 bits per heavy atom. The number of nitrogens with two attached hydrogens (primary N) is 1. The summed E-state index contributed by atoms with van der Waals surface area (Å²) in [6.07, 6.45) is -5.17. The van der Waals surface area contributed by atoms with Crippen LogP contribution in [0.25, 0.3) is 16.9 Å². The number of primary sulfonamides is 1. The van der Waals surface area contributed by atoms with Gasteiger partial charge in [-0.15, -0.1) is 5.10 Å². The second kappa shape index (κ2) is 7.05. The minimum atomic E-state index is -5.17. The summed E-state index contributed by atoms with van der Waals surface area (Å²) in [5, 5.41) is 7.62. The van der Waals surface area contributed by atoms with Crippen molar-refractivity contribution in [1.29, 1.82) is 0 Å². The molecule has 30 heavy (non-hydrogen) atoms. The molecule has 0 amide bonds. The number of hydrogen-bond donors (Lipinski definition) is 1. The Bertz CT molecular complexity index is 1250. The van der Waals surface area contributed by atoms with Crippen molar-refractivity contribution in [3.63, 3.8) is 0 Å². The Morgan fingerprint density at radius 2 is 1.50 bits per heavy atom. The molecule has 0 aliphatic rings. The first kappa shape index (κ1) is 21.7. The van der Waals surface area contributed by atoms with Gasteiger partial charge in [-0.3, -0.25) is 0 Å². The predicted octanol–water partition coefficient (Wildman–Crippen LogP) is 3.90. The smallest absolute Gasteiger partial charge is 0.224 e. The molecule has 3 rings (SSSR count). The van der Waals surface area contributed by atoms with Gasteiger partial charge in [0, 0.05) is 5.56 Å². The van der Waals surface area contributed by atoms with Crippen LogP contribution in [0.1, 0.15) is 5.56 Å². The van der Waals surface area contributed by atoms with Crippen LogP contribution in [0.5, 0.6) is 0 Å². The number of sulfonamides is 1. The fourth-order valence-corrected chi connectivity index (χ4v) is 3.33. The highest BCUT2D eigenvalue weighted by Crippen LogP contribution is 2.36. The highest BCUT2D eigenvalue weighted by molar-refractivity contribution is 7.89. The first-order valence-electron chi connectivity index (χ1n) is 7.55. The second-order valence-electron chi connectivity index (χ2n) is 5.82. The van der Waals surface area contributed by atoms with E-state index in [4.69, 9.17) is 0 Å². The number of alkyl halides is 3. The van der Waals surface area contributed by atoms with E-state index in [-0.39, 0.29) is 16.8 Å². The van der Waals surface area contributed by atoms with Crippen LogP contribution in [-0.2, 0) is 16.2 Å². The van der Waals surface area contributed by atoms with Gasteiger partial charge < -0.3 is 0 Å². The van der Waals surface area contributed by atoms with Crippen LogP contribution in [0.3, 0.4) is 0 Å². The predicted molar refractivity (Wildman–Crippen MR) is 85.2 cm³/mol. The van der Waals surface area contributed by atoms with Gasteiger partial charge in [-0.1, -0.05) is 6.07 Å². The van der Waals surface area contributed by atoms with Crippen LogP contribution < -0.4 is 5.14 Å². The maximum atomic E-state index is 14.4. The van der Waals surface area contributed by atoms with Crippen molar-refractivity contribution >= 4 is 10.0 Å². The summed E-state index contributed by atoms with van der Waals surface area (Å²) in [6.45, 7) is 0. The van der Waals surface area contributed by atoms with Gasteiger partial charge in [0.25, 0.3) is 5.95 Å². The summed E-state index contributed by atoms with van der Waals surface area (Å²) in [7, 11) is -4.88. The highest BCUT2D eigenvalue weighted by Gasteiger charge is 2.36. The van der Waals surface area contributed by atoms with Crippen LogP contribution >= 0.6 is 0 Å². The van der Waals surface area contributed by atoms with Crippen LogP contribution in [0, 0.1) is 29.2 Å². The van der Waals surface area contributed by atoms with Crippen molar-refractivity contribution in [2.75, 3.05) is 0 Å². The van der Waals surface area contributed by atoms with Crippen molar-refractivity contribution in [2.45, 2.75) is 11.1 Å². The lowest BCUT2D eigenvalue weighted by Crippen LogP contribution is -2.16. The molecule has 0 unspecified atom stereocenters. The molecule has 0 aliphatic heterocycles. The summed E-state index contributed by atoms with van der Waals surface area (Å²) in [5.74, 6) is -9.36. The maximum absolute atomic E-state index is 14.4. The topological polar surface area (TPSA) is 78.0 Å². The van der Waals surface area contributed by atoms with Gasteiger partial charge in [-0.25, -0.2) is 31.4 Å². The molecule has 0 atom stereocenters. The lowest BCUT2D eigenvalue weighted by molar-refractivity contribution is -0.140. The van der Waals surface area contributed by atoms with E-state index in [1.54, 1.807) is 0 Å². The second-order valence-corrected chi connectivity index (χ2v) is 7.31. The largest absolute Gasteiger partial charge is 0.419 e. The van der Waals surface area contributed by atoms with E-state index >= 15 is 0 Å². The fourth-order valence-electron chi connectivity index (χ4n) is 2.67. The third kappa shape index (κ3) is 3.63. The third-order valence-electron chi connectivity index (χ3n) is 3.86. The number of aromatic nitrogens is 2. The van der Waals surface area contributed by atoms with Crippen molar-refractivity contribution in [3.8, 4) is 16.9 Å². The van der Waals surface area contributed by atoms with Crippen LogP contribution in [-0.4, -0.2) is 18.2 Å². The molecular weight excluding hydrogens is 450 g/mol. The Morgan fingerprint density at radius 3 is 2.00 bits per heavy atom. The minimum Gasteiger partial charge on any atom is -0.224 e. The van der Waals surface area contributed by atoms with Gasteiger partial charge >= 0.3 is 6.18 Å². The molecule has 1 aromatic heterocycles. The van der Waals surface area contributed by atoms with E-state index in [0.29, 0.717) is 18.2 Å². The molecule has 0 bridgehead atoms. The molecule has 5 nitrogen and oxygen atoms in total. The molecular formula is C16H7F8N3O2S. The molecule has 1 heterocycles. The number of halogens is 8. The molecule has 160 valence electrons. The van der Waals surface area contributed by atoms with Gasteiger partial charge in [0.1, 0.15) is 23.0 Å². The molecule has 14 heteroatoms. The van der Waals surface area contributed by atoms with Gasteiger partial charge in [-0.05, 0) is 24.3 Å². The molecule has 3 aromatic rings. The SMILES string of the molecule is NS(=O)(=O)c1c(F)cc(-c2c(F)c(F)nn2-c2cccc(C(F)(F)F)c2F)cc1F. The summed E-state index contributed by atoms with van der Waals surface area (Å²) in [6, 6.07) is 2.21. The lowest BCUT2D eigenvalue weighted by Gasteiger charge is -2.13. The molecule has 0 saturated carbocycles. The first-order valence-corrected chi connectivity index (χ1v) is 9.10. The minimum absolute atomic E-state index is 0.0278. The number of nitrogens with zero attached hydrogens (tertiary/aromatic N) is 2. The Balaban J connectivity index is 2.32. The molecule has 2 N–H and O–H groups in total.